The van der Waals surface area contributed by atoms with E-state index in [1.165, 1.54) is 6.20 Å². The van der Waals surface area contributed by atoms with Crippen molar-refractivity contribution < 1.29 is 27.0 Å². The Hall–Kier alpha value is -1.60. The molecule has 0 atom stereocenters. The largest absolute Gasteiger partial charge is 0.358 e. The average molecular weight is 261 g/mol. The number of rotatable bonds is 1. The van der Waals surface area contributed by atoms with Gasteiger partial charge in [0.25, 0.3) is 0 Å². The van der Waals surface area contributed by atoms with Crippen molar-refractivity contribution in [3.63, 3.8) is 0 Å². The number of aromatic amines is 1. The first kappa shape index (κ1) is 11.5. The Balaban J connectivity index is 2.29. The third-order valence-electron chi connectivity index (χ3n) is 2.80. The summed E-state index contributed by atoms with van der Waals surface area (Å²) in [5, 5.41) is -0.390. The molecule has 18 heavy (non-hydrogen) atoms. The van der Waals surface area contributed by atoms with Crippen LogP contribution in [-0.4, -0.2) is 18.2 Å². The number of fused-ring (bicyclic) bond motifs is 1. The lowest BCUT2D eigenvalue weighted by molar-refractivity contribution is -0.0431. The molecule has 0 aliphatic carbocycles. The summed E-state index contributed by atoms with van der Waals surface area (Å²) in [6.45, 7) is 0.593. The third-order valence-corrected chi connectivity index (χ3v) is 2.80. The van der Waals surface area contributed by atoms with Crippen LogP contribution in [0, 0.1) is 23.3 Å². The van der Waals surface area contributed by atoms with E-state index in [0.29, 0.717) is 13.2 Å². The van der Waals surface area contributed by atoms with E-state index in [1.54, 1.807) is 0 Å². The summed E-state index contributed by atoms with van der Waals surface area (Å²) < 4.78 is 63.6. The van der Waals surface area contributed by atoms with Gasteiger partial charge in [-0.25, -0.2) is 17.6 Å². The van der Waals surface area contributed by atoms with Crippen molar-refractivity contribution in [2.75, 3.05) is 13.2 Å². The van der Waals surface area contributed by atoms with Crippen molar-refractivity contribution in [3.05, 3.63) is 35.0 Å². The average Bonchev–Trinajstić information content (AvgIpc) is 3.01. The maximum Gasteiger partial charge on any atom is 0.199 e. The van der Waals surface area contributed by atoms with Crippen LogP contribution in [0.1, 0.15) is 11.9 Å². The quantitative estimate of drug-likeness (QED) is 0.486. The second-order valence-corrected chi connectivity index (χ2v) is 3.82. The van der Waals surface area contributed by atoms with E-state index in [1.807, 2.05) is 0 Å². The zero-order chi connectivity index (χ0) is 12.9. The molecule has 1 aliphatic rings. The molecule has 3 nitrogen and oxygen atoms in total. The molecule has 1 aliphatic heterocycles. The highest BCUT2D eigenvalue weighted by Crippen LogP contribution is 2.34. The summed E-state index contributed by atoms with van der Waals surface area (Å²) in [5.74, 6) is -6.62. The summed E-state index contributed by atoms with van der Waals surface area (Å²) in [5.41, 5.74) is -0.335. The Morgan fingerprint density at radius 1 is 0.944 bits per heavy atom. The predicted molar refractivity (Wildman–Crippen MR) is 52.8 cm³/mol. The smallest absolute Gasteiger partial charge is 0.199 e. The molecule has 2 aromatic rings. The number of hydrogen-bond donors (Lipinski definition) is 1. The number of aromatic nitrogens is 1. The molecule has 96 valence electrons. The van der Waals surface area contributed by atoms with Gasteiger partial charge in [-0.3, -0.25) is 0 Å². The molecule has 0 saturated carbocycles. The van der Waals surface area contributed by atoms with Crippen molar-refractivity contribution in [2.45, 2.75) is 6.29 Å². The number of nitrogens with one attached hydrogen (secondary N) is 1. The van der Waals surface area contributed by atoms with Gasteiger partial charge in [0.1, 0.15) is 0 Å². The van der Waals surface area contributed by atoms with Crippen LogP contribution in [-0.2, 0) is 9.47 Å². The number of halogens is 4. The van der Waals surface area contributed by atoms with Gasteiger partial charge in [-0.2, -0.15) is 0 Å². The second-order valence-electron chi connectivity index (χ2n) is 3.82. The zero-order valence-corrected chi connectivity index (χ0v) is 8.90. The minimum atomic E-state index is -1.85. The molecule has 7 heteroatoms. The Bertz CT molecular complexity index is 619. The number of H-pyrrole nitrogens is 1. The Kier molecular flexibility index (Phi) is 2.53. The number of ether oxygens (including phenoxy) is 2. The summed E-state index contributed by atoms with van der Waals surface area (Å²) in [7, 11) is 0. The fraction of sp³-hybridized carbons (Fsp3) is 0.273. The molecule has 1 fully saturated rings. The Labute approximate surface area is 98.3 Å². The Morgan fingerprint density at radius 2 is 1.56 bits per heavy atom. The van der Waals surface area contributed by atoms with Gasteiger partial charge < -0.3 is 14.5 Å². The van der Waals surface area contributed by atoms with Crippen LogP contribution >= 0.6 is 0 Å². The second kappa shape index (κ2) is 3.96. The summed E-state index contributed by atoms with van der Waals surface area (Å²) in [6, 6.07) is 0. The minimum Gasteiger partial charge on any atom is -0.358 e. The lowest BCUT2D eigenvalue weighted by atomic mass is 10.1. The highest BCUT2D eigenvalue weighted by Gasteiger charge is 2.28. The third kappa shape index (κ3) is 1.44. The Morgan fingerprint density at radius 3 is 2.22 bits per heavy atom. The highest BCUT2D eigenvalue weighted by molar-refractivity contribution is 5.85. The van der Waals surface area contributed by atoms with Gasteiger partial charge in [0.2, 0.25) is 0 Å². The van der Waals surface area contributed by atoms with Gasteiger partial charge in [0, 0.05) is 17.1 Å². The molecule has 1 aromatic heterocycles. The van der Waals surface area contributed by atoms with Gasteiger partial charge in [-0.05, 0) is 0 Å². The fourth-order valence-electron chi connectivity index (χ4n) is 1.98. The van der Waals surface area contributed by atoms with Crippen LogP contribution < -0.4 is 0 Å². The van der Waals surface area contributed by atoms with Gasteiger partial charge in [0.15, 0.2) is 29.6 Å². The molecule has 0 unspecified atom stereocenters. The monoisotopic (exact) mass is 261 g/mol. The topological polar surface area (TPSA) is 34.2 Å². The van der Waals surface area contributed by atoms with Crippen LogP contribution in [0.3, 0.4) is 0 Å². The predicted octanol–water partition coefficient (Wildman–Crippen LogP) is 2.77. The van der Waals surface area contributed by atoms with Crippen molar-refractivity contribution in [1.29, 1.82) is 0 Å². The highest BCUT2D eigenvalue weighted by atomic mass is 19.2. The van der Waals surface area contributed by atoms with Crippen molar-refractivity contribution >= 4 is 10.9 Å². The summed E-state index contributed by atoms with van der Waals surface area (Å²) >= 11 is 0. The van der Waals surface area contributed by atoms with Gasteiger partial charge in [-0.1, -0.05) is 0 Å². The molecule has 2 heterocycles. The van der Waals surface area contributed by atoms with Crippen molar-refractivity contribution in [2.24, 2.45) is 0 Å². The molecule has 0 amide bonds. The van der Waals surface area contributed by atoms with E-state index in [2.05, 4.69) is 4.98 Å². The van der Waals surface area contributed by atoms with E-state index in [0.717, 1.165) is 0 Å². The maximum atomic E-state index is 13.7. The van der Waals surface area contributed by atoms with Crippen LogP contribution in [0.2, 0.25) is 0 Å². The molecule has 0 radical (unpaired) electrons. The minimum absolute atomic E-state index is 0.109. The SMILES string of the molecule is Fc1c(F)c(F)c2c(C3OCCO3)c[nH]c2c1F. The zero-order valence-electron chi connectivity index (χ0n) is 8.90. The van der Waals surface area contributed by atoms with Crippen molar-refractivity contribution in [1.82, 2.24) is 4.98 Å². The van der Waals surface area contributed by atoms with E-state index < -0.39 is 40.5 Å². The summed E-state index contributed by atoms with van der Waals surface area (Å²) in [4.78, 5) is 2.36. The standard InChI is InChI=1S/C11H7F4NO2/c12-6-5-4(11-17-1-2-18-11)3-16-10(5)9(15)8(14)7(6)13/h3,11,16H,1-2H2. The molecule has 1 saturated heterocycles. The van der Waals surface area contributed by atoms with E-state index >= 15 is 0 Å². The molecule has 1 N–H and O–H groups in total. The van der Waals surface area contributed by atoms with E-state index in [9.17, 15) is 17.6 Å². The number of benzene rings is 1. The molecular formula is C11H7F4NO2. The van der Waals surface area contributed by atoms with Crippen molar-refractivity contribution in [3.8, 4) is 0 Å². The fourth-order valence-corrected chi connectivity index (χ4v) is 1.98. The van der Waals surface area contributed by atoms with Crippen LogP contribution in [0.5, 0.6) is 0 Å². The normalized spacial score (nSPS) is 16.9. The van der Waals surface area contributed by atoms with Crippen LogP contribution in [0.15, 0.2) is 6.20 Å². The van der Waals surface area contributed by atoms with E-state index in [-0.39, 0.29) is 5.56 Å². The lowest BCUT2D eigenvalue weighted by Gasteiger charge is -2.08. The summed E-state index contributed by atoms with van der Waals surface area (Å²) in [6.07, 6.45) is 0.309. The molecule has 0 spiro atoms. The molecule has 3 rings (SSSR count). The van der Waals surface area contributed by atoms with Crippen LogP contribution in [0.25, 0.3) is 10.9 Å². The number of hydrogen-bond acceptors (Lipinski definition) is 2. The molecule has 1 aromatic carbocycles. The lowest BCUT2D eigenvalue weighted by Crippen LogP contribution is -2.01. The molecule has 0 bridgehead atoms. The van der Waals surface area contributed by atoms with Gasteiger partial charge in [-0.15, -0.1) is 0 Å². The van der Waals surface area contributed by atoms with E-state index in [4.69, 9.17) is 9.47 Å². The van der Waals surface area contributed by atoms with Gasteiger partial charge in [0.05, 0.1) is 18.7 Å². The first-order valence-electron chi connectivity index (χ1n) is 5.17. The first-order chi connectivity index (χ1) is 8.61. The first-order valence-corrected chi connectivity index (χ1v) is 5.17. The molecular weight excluding hydrogens is 254 g/mol. The maximum absolute atomic E-state index is 13.7. The van der Waals surface area contributed by atoms with Gasteiger partial charge >= 0.3 is 0 Å². The van der Waals surface area contributed by atoms with Crippen LogP contribution in [0.4, 0.5) is 17.6 Å².